The number of carbonyl (C=O) groups excluding carboxylic acids is 1. The van der Waals surface area contributed by atoms with Gasteiger partial charge in [-0.1, -0.05) is 24.3 Å². The zero-order chi connectivity index (χ0) is 22.1. The monoisotopic (exact) mass is 421 g/mol. The number of ether oxygens (including phenoxy) is 2. The fraction of sp³-hybridized carbons (Fsp3) is 0.261. The molecule has 162 valence electrons. The second-order valence-corrected chi connectivity index (χ2v) is 6.78. The number of carbonyl (C=O) groups is 1. The molecule has 1 amide bonds. The van der Waals surface area contributed by atoms with Crippen LogP contribution in [-0.4, -0.2) is 42.7 Å². The Morgan fingerprint density at radius 1 is 1.00 bits per heavy atom. The van der Waals surface area contributed by atoms with Crippen molar-refractivity contribution in [1.29, 1.82) is 0 Å². The van der Waals surface area contributed by atoms with Gasteiger partial charge in [0.2, 0.25) is 0 Å². The van der Waals surface area contributed by atoms with Crippen LogP contribution in [0.25, 0.3) is 11.1 Å². The Labute approximate surface area is 181 Å². The smallest absolute Gasteiger partial charge is 0.318 e. The van der Waals surface area contributed by atoms with Gasteiger partial charge in [0.1, 0.15) is 12.4 Å². The minimum Gasteiger partial charge on any atom is -0.461 e. The quantitative estimate of drug-likeness (QED) is 0.341. The molecule has 0 spiro atoms. The largest absolute Gasteiger partial charge is 0.461 e. The Balaban J connectivity index is 1.64. The first kappa shape index (κ1) is 22.0. The molecule has 0 saturated heterocycles. The van der Waals surface area contributed by atoms with E-state index in [1.54, 1.807) is 25.3 Å². The minimum atomic E-state index is -0.186. The van der Waals surface area contributed by atoms with E-state index in [9.17, 15) is 4.79 Å². The van der Waals surface area contributed by atoms with Gasteiger partial charge < -0.3 is 25.8 Å². The lowest BCUT2D eigenvalue weighted by atomic mass is 10.0. The maximum absolute atomic E-state index is 12.6. The molecule has 4 N–H and O–H groups in total. The van der Waals surface area contributed by atoms with Crippen LogP contribution in [0.1, 0.15) is 23.0 Å². The summed E-state index contributed by atoms with van der Waals surface area (Å²) in [6, 6.07) is 17.1. The summed E-state index contributed by atoms with van der Waals surface area (Å²) in [5.74, 6) is 0.455. The SMILES string of the molecule is CCNc1cc(CNC(=O)c2ccc(-c3ccc(N)cc3)cc2)nc(OCCOC)n1. The molecule has 8 nitrogen and oxygen atoms in total. The lowest BCUT2D eigenvalue weighted by Gasteiger charge is -2.11. The van der Waals surface area contributed by atoms with Crippen LogP contribution in [0.4, 0.5) is 11.5 Å². The molecule has 1 aromatic heterocycles. The average Bonchev–Trinajstić information content (AvgIpc) is 2.78. The van der Waals surface area contributed by atoms with Gasteiger partial charge in [-0.2, -0.15) is 9.97 Å². The molecule has 0 bridgehead atoms. The fourth-order valence-corrected chi connectivity index (χ4v) is 2.88. The van der Waals surface area contributed by atoms with Crippen LogP contribution in [0, 0.1) is 0 Å². The molecule has 3 rings (SSSR count). The Bertz CT molecular complexity index is 991. The van der Waals surface area contributed by atoms with Crippen molar-refractivity contribution in [2.24, 2.45) is 0 Å². The third kappa shape index (κ3) is 6.42. The highest BCUT2D eigenvalue weighted by Crippen LogP contribution is 2.21. The third-order valence-electron chi connectivity index (χ3n) is 4.46. The van der Waals surface area contributed by atoms with Gasteiger partial charge >= 0.3 is 6.01 Å². The third-order valence-corrected chi connectivity index (χ3v) is 4.46. The number of nitrogen functional groups attached to an aromatic ring is 1. The molecule has 0 unspecified atom stereocenters. The first-order valence-electron chi connectivity index (χ1n) is 10.1. The van der Waals surface area contributed by atoms with E-state index in [0.717, 1.165) is 11.1 Å². The summed E-state index contributed by atoms with van der Waals surface area (Å²) in [7, 11) is 1.60. The van der Waals surface area contributed by atoms with Crippen molar-refractivity contribution in [2.45, 2.75) is 13.5 Å². The van der Waals surface area contributed by atoms with E-state index in [4.69, 9.17) is 15.2 Å². The van der Waals surface area contributed by atoms with E-state index in [0.29, 0.717) is 42.5 Å². The van der Waals surface area contributed by atoms with E-state index in [1.165, 1.54) is 0 Å². The molecular weight excluding hydrogens is 394 g/mol. The topological polar surface area (TPSA) is 111 Å². The van der Waals surface area contributed by atoms with Crippen molar-refractivity contribution in [1.82, 2.24) is 15.3 Å². The predicted molar refractivity (Wildman–Crippen MR) is 121 cm³/mol. The Morgan fingerprint density at radius 2 is 1.68 bits per heavy atom. The van der Waals surface area contributed by atoms with Crippen molar-refractivity contribution in [2.75, 3.05) is 37.9 Å². The molecule has 3 aromatic rings. The Hall–Kier alpha value is -3.65. The molecule has 0 saturated carbocycles. The molecule has 0 fully saturated rings. The van der Waals surface area contributed by atoms with E-state index in [-0.39, 0.29) is 18.5 Å². The Morgan fingerprint density at radius 3 is 2.32 bits per heavy atom. The highest BCUT2D eigenvalue weighted by Gasteiger charge is 2.10. The zero-order valence-corrected chi connectivity index (χ0v) is 17.7. The van der Waals surface area contributed by atoms with E-state index >= 15 is 0 Å². The summed E-state index contributed by atoms with van der Waals surface area (Å²) in [6.07, 6.45) is 0. The number of rotatable bonds is 10. The van der Waals surface area contributed by atoms with Crippen molar-refractivity contribution in [3.63, 3.8) is 0 Å². The lowest BCUT2D eigenvalue weighted by molar-refractivity contribution is 0.0950. The highest BCUT2D eigenvalue weighted by atomic mass is 16.5. The summed E-state index contributed by atoms with van der Waals surface area (Å²) in [5, 5.41) is 6.03. The van der Waals surface area contributed by atoms with Crippen LogP contribution in [0.15, 0.2) is 54.6 Å². The molecule has 8 heteroatoms. The maximum Gasteiger partial charge on any atom is 0.318 e. The van der Waals surface area contributed by atoms with Gasteiger partial charge in [0.05, 0.1) is 18.8 Å². The van der Waals surface area contributed by atoms with Crippen LogP contribution in [-0.2, 0) is 11.3 Å². The summed E-state index contributed by atoms with van der Waals surface area (Å²) in [4.78, 5) is 21.2. The molecule has 1 heterocycles. The van der Waals surface area contributed by atoms with Crippen LogP contribution in [0.2, 0.25) is 0 Å². The zero-order valence-electron chi connectivity index (χ0n) is 17.7. The number of nitrogens with zero attached hydrogens (tertiary/aromatic N) is 2. The van der Waals surface area contributed by atoms with E-state index < -0.39 is 0 Å². The average molecular weight is 422 g/mol. The van der Waals surface area contributed by atoms with Gasteiger partial charge in [-0.25, -0.2) is 0 Å². The van der Waals surface area contributed by atoms with Gasteiger partial charge in [0.15, 0.2) is 0 Å². The van der Waals surface area contributed by atoms with Gasteiger partial charge in [0, 0.05) is 31.0 Å². The summed E-state index contributed by atoms with van der Waals surface area (Å²) < 4.78 is 10.5. The number of aromatic nitrogens is 2. The van der Waals surface area contributed by atoms with Crippen molar-refractivity contribution in [3.05, 3.63) is 65.9 Å². The maximum atomic E-state index is 12.6. The number of hydrogen-bond acceptors (Lipinski definition) is 7. The van der Waals surface area contributed by atoms with Gasteiger partial charge in [0.25, 0.3) is 5.91 Å². The van der Waals surface area contributed by atoms with Crippen LogP contribution in [0.3, 0.4) is 0 Å². The summed E-state index contributed by atoms with van der Waals surface area (Å²) in [6.45, 7) is 3.72. The molecule has 0 radical (unpaired) electrons. The van der Waals surface area contributed by atoms with Gasteiger partial charge in [-0.15, -0.1) is 0 Å². The van der Waals surface area contributed by atoms with Crippen LogP contribution in [0.5, 0.6) is 6.01 Å². The first-order valence-corrected chi connectivity index (χ1v) is 10.1. The molecule has 0 aliphatic carbocycles. The number of anilines is 2. The van der Waals surface area contributed by atoms with Gasteiger partial charge in [-0.3, -0.25) is 4.79 Å². The molecule has 0 aliphatic rings. The summed E-state index contributed by atoms with van der Waals surface area (Å²) >= 11 is 0. The van der Waals surface area contributed by atoms with Gasteiger partial charge in [-0.05, 0) is 42.3 Å². The van der Waals surface area contributed by atoms with Crippen molar-refractivity contribution >= 4 is 17.4 Å². The van der Waals surface area contributed by atoms with Crippen molar-refractivity contribution in [3.8, 4) is 17.1 Å². The minimum absolute atomic E-state index is 0.186. The molecular formula is C23H27N5O3. The molecule has 2 aromatic carbocycles. The van der Waals surface area contributed by atoms with Crippen LogP contribution >= 0.6 is 0 Å². The predicted octanol–water partition coefficient (Wildman–Crippen LogP) is 3.11. The normalized spacial score (nSPS) is 10.5. The molecule has 31 heavy (non-hydrogen) atoms. The second-order valence-electron chi connectivity index (χ2n) is 6.78. The standard InChI is InChI=1S/C23H27N5O3/c1-3-25-21-14-20(27-23(28-21)31-13-12-30-2)15-26-22(29)18-6-4-16(5-7-18)17-8-10-19(24)11-9-17/h4-11,14H,3,12-13,15,24H2,1-2H3,(H,26,29)(H,25,27,28). The van der Waals surface area contributed by atoms with E-state index in [1.807, 2.05) is 43.3 Å². The Kier molecular flexibility index (Phi) is 7.78. The number of hydrogen-bond donors (Lipinski definition) is 3. The van der Waals surface area contributed by atoms with E-state index in [2.05, 4.69) is 20.6 Å². The lowest BCUT2D eigenvalue weighted by Crippen LogP contribution is -2.23. The van der Waals surface area contributed by atoms with Crippen molar-refractivity contribution < 1.29 is 14.3 Å². The highest BCUT2D eigenvalue weighted by molar-refractivity contribution is 5.94. The number of nitrogens with one attached hydrogen (secondary N) is 2. The van der Waals surface area contributed by atoms with Crippen LogP contribution < -0.4 is 21.1 Å². The fourth-order valence-electron chi connectivity index (χ4n) is 2.88. The molecule has 0 aliphatic heterocycles. The number of benzene rings is 2. The number of nitrogens with two attached hydrogens (primary N) is 1. The molecule has 0 atom stereocenters. The first-order chi connectivity index (χ1) is 15.1. The summed E-state index contributed by atoms with van der Waals surface area (Å²) in [5.41, 5.74) is 9.72. The number of methoxy groups -OCH3 is 1. The number of amides is 1. The second kappa shape index (κ2) is 10.9.